The average Bonchev–Trinajstić information content (AvgIpc) is 2.22. The molecular formula is C12H20N2O4. The number of rotatable bonds is 3. The summed E-state index contributed by atoms with van der Waals surface area (Å²) in [5.41, 5.74) is -2.09. The number of aliphatic carboxylic acids is 1. The van der Waals surface area contributed by atoms with Gasteiger partial charge in [-0.05, 0) is 34.1 Å². The molecule has 18 heavy (non-hydrogen) atoms. The number of carbonyl (C=O) groups excluding carboxylic acids is 2. The van der Waals surface area contributed by atoms with Crippen LogP contribution in [0.3, 0.4) is 0 Å². The second kappa shape index (κ2) is 4.35. The van der Waals surface area contributed by atoms with E-state index in [1.54, 1.807) is 34.6 Å². The number of hydrogen-bond acceptors (Lipinski definition) is 4. The normalized spacial score (nSPS) is 24.5. The van der Waals surface area contributed by atoms with E-state index in [9.17, 15) is 19.5 Å². The van der Waals surface area contributed by atoms with Crippen molar-refractivity contribution in [2.24, 2.45) is 0 Å². The second-order valence-electron chi connectivity index (χ2n) is 5.53. The lowest BCUT2D eigenvalue weighted by Crippen LogP contribution is -2.75. The van der Waals surface area contributed by atoms with E-state index in [1.165, 1.54) is 4.90 Å². The lowest BCUT2D eigenvalue weighted by atomic mass is 9.85. The van der Waals surface area contributed by atoms with Gasteiger partial charge in [-0.2, -0.15) is 0 Å². The minimum atomic E-state index is -1.05. The molecule has 0 aromatic rings. The third-order valence-electron chi connectivity index (χ3n) is 3.53. The van der Waals surface area contributed by atoms with E-state index >= 15 is 0 Å². The molecule has 0 aromatic heterocycles. The molecule has 1 unspecified atom stereocenters. The topological polar surface area (TPSA) is 86.7 Å². The zero-order valence-electron chi connectivity index (χ0n) is 11.4. The van der Waals surface area contributed by atoms with Crippen LogP contribution in [0, 0.1) is 0 Å². The molecule has 0 spiro atoms. The fraction of sp³-hybridized carbons (Fsp3) is 0.750. The predicted molar refractivity (Wildman–Crippen MR) is 64.9 cm³/mol. The summed E-state index contributed by atoms with van der Waals surface area (Å²) in [7, 11) is 0. The van der Waals surface area contributed by atoms with Crippen molar-refractivity contribution in [3.8, 4) is 0 Å². The standard InChI is InChI=1S/C12H20N2O4/c1-6-7(8(15)16)14-11(2,3)9(17)13-10(18)12(14,4)5/h7H,6H2,1-5H3,(H,15,16)(H,13,17,18). The molecule has 0 radical (unpaired) electrons. The molecule has 6 nitrogen and oxygen atoms in total. The maximum Gasteiger partial charge on any atom is 0.320 e. The minimum Gasteiger partial charge on any atom is -0.480 e. The van der Waals surface area contributed by atoms with Gasteiger partial charge in [-0.1, -0.05) is 6.92 Å². The number of carboxylic acids is 1. The summed E-state index contributed by atoms with van der Waals surface area (Å²) < 4.78 is 0. The van der Waals surface area contributed by atoms with Crippen LogP contribution >= 0.6 is 0 Å². The van der Waals surface area contributed by atoms with E-state index in [0.717, 1.165) is 0 Å². The molecule has 1 aliphatic rings. The van der Waals surface area contributed by atoms with E-state index in [0.29, 0.717) is 6.42 Å². The Hall–Kier alpha value is -1.43. The predicted octanol–water partition coefficient (Wildman–Crippen LogP) is 0.365. The van der Waals surface area contributed by atoms with Crippen LogP contribution in [-0.4, -0.2) is 44.9 Å². The van der Waals surface area contributed by atoms with E-state index in [1.807, 2.05) is 0 Å². The lowest BCUT2D eigenvalue weighted by molar-refractivity contribution is -0.168. The molecule has 2 N–H and O–H groups in total. The Balaban J connectivity index is 3.34. The zero-order valence-corrected chi connectivity index (χ0v) is 11.4. The van der Waals surface area contributed by atoms with Crippen molar-refractivity contribution in [1.29, 1.82) is 0 Å². The summed E-state index contributed by atoms with van der Waals surface area (Å²) in [4.78, 5) is 36.6. The van der Waals surface area contributed by atoms with Gasteiger partial charge in [-0.3, -0.25) is 24.6 Å². The molecule has 1 saturated heterocycles. The smallest absolute Gasteiger partial charge is 0.320 e. The van der Waals surface area contributed by atoms with Crippen LogP contribution in [0.4, 0.5) is 0 Å². The lowest BCUT2D eigenvalue weighted by Gasteiger charge is -2.52. The van der Waals surface area contributed by atoms with Crippen molar-refractivity contribution in [1.82, 2.24) is 10.2 Å². The van der Waals surface area contributed by atoms with Crippen LogP contribution < -0.4 is 5.32 Å². The molecule has 102 valence electrons. The average molecular weight is 256 g/mol. The van der Waals surface area contributed by atoms with Gasteiger partial charge in [0.05, 0.1) is 11.1 Å². The molecule has 1 aliphatic heterocycles. The van der Waals surface area contributed by atoms with Crippen LogP contribution in [0.5, 0.6) is 0 Å². The highest BCUT2D eigenvalue weighted by molar-refractivity contribution is 6.06. The van der Waals surface area contributed by atoms with Gasteiger partial charge < -0.3 is 5.11 Å². The van der Waals surface area contributed by atoms with Gasteiger partial charge in [0.2, 0.25) is 11.8 Å². The van der Waals surface area contributed by atoms with Gasteiger partial charge >= 0.3 is 5.97 Å². The second-order valence-corrected chi connectivity index (χ2v) is 5.53. The Morgan fingerprint density at radius 1 is 1.22 bits per heavy atom. The van der Waals surface area contributed by atoms with Gasteiger partial charge in [0.25, 0.3) is 0 Å². The van der Waals surface area contributed by atoms with Gasteiger partial charge in [0.1, 0.15) is 6.04 Å². The monoisotopic (exact) mass is 256 g/mol. The first-order valence-corrected chi connectivity index (χ1v) is 5.95. The molecule has 1 rings (SSSR count). The highest BCUT2D eigenvalue weighted by Crippen LogP contribution is 2.33. The van der Waals surface area contributed by atoms with Gasteiger partial charge in [-0.25, -0.2) is 0 Å². The first kappa shape index (κ1) is 14.6. The van der Waals surface area contributed by atoms with Crippen LogP contribution in [0.1, 0.15) is 41.0 Å². The van der Waals surface area contributed by atoms with Gasteiger partial charge in [0.15, 0.2) is 0 Å². The van der Waals surface area contributed by atoms with Crippen LogP contribution in [0.2, 0.25) is 0 Å². The third kappa shape index (κ3) is 2.01. The number of amides is 2. The molecule has 0 bridgehead atoms. The van der Waals surface area contributed by atoms with Gasteiger partial charge in [-0.15, -0.1) is 0 Å². The maximum atomic E-state index is 11.9. The number of hydrogen-bond donors (Lipinski definition) is 2. The van der Waals surface area contributed by atoms with E-state index in [-0.39, 0.29) is 0 Å². The van der Waals surface area contributed by atoms with Crippen molar-refractivity contribution in [3.05, 3.63) is 0 Å². The first-order chi connectivity index (χ1) is 8.06. The quantitative estimate of drug-likeness (QED) is 0.712. The molecule has 1 fully saturated rings. The highest BCUT2D eigenvalue weighted by atomic mass is 16.4. The van der Waals surface area contributed by atoms with Crippen LogP contribution in [0.25, 0.3) is 0 Å². The maximum absolute atomic E-state index is 11.9. The summed E-state index contributed by atoms with van der Waals surface area (Å²) >= 11 is 0. The summed E-state index contributed by atoms with van der Waals surface area (Å²) in [6.07, 6.45) is 0.322. The van der Waals surface area contributed by atoms with E-state index in [4.69, 9.17) is 0 Å². The molecular weight excluding hydrogens is 236 g/mol. The number of imide groups is 1. The van der Waals surface area contributed by atoms with E-state index in [2.05, 4.69) is 5.32 Å². The fourth-order valence-corrected chi connectivity index (χ4v) is 2.57. The molecule has 0 saturated carbocycles. The highest BCUT2D eigenvalue weighted by Gasteiger charge is 2.55. The van der Waals surface area contributed by atoms with Gasteiger partial charge in [0, 0.05) is 0 Å². The van der Waals surface area contributed by atoms with Crippen molar-refractivity contribution in [3.63, 3.8) is 0 Å². The first-order valence-electron chi connectivity index (χ1n) is 5.95. The Morgan fingerprint density at radius 3 is 1.89 bits per heavy atom. The van der Waals surface area contributed by atoms with Crippen molar-refractivity contribution < 1.29 is 19.5 Å². The van der Waals surface area contributed by atoms with Crippen LogP contribution in [-0.2, 0) is 14.4 Å². The number of carboxylic acid groups (broad SMARTS) is 1. The van der Waals surface area contributed by atoms with Crippen LogP contribution in [0.15, 0.2) is 0 Å². The van der Waals surface area contributed by atoms with Crippen molar-refractivity contribution in [2.75, 3.05) is 0 Å². The largest absolute Gasteiger partial charge is 0.480 e. The fourth-order valence-electron chi connectivity index (χ4n) is 2.57. The van der Waals surface area contributed by atoms with E-state index < -0.39 is 34.9 Å². The van der Waals surface area contributed by atoms with Crippen molar-refractivity contribution in [2.45, 2.75) is 58.2 Å². The number of nitrogens with one attached hydrogen (secondary N) is 1. The zero-order chi connectivity index (χ0) is 14.3. The molecule has 0 aliphatic carbocycles. The number of nitrogens with zero attached hydrogens (tertiary/aromatic N) is 1. The number of carbonyl (C=O) groups is 3. The minimum absolute atomic E-state index is 0.322. The number of piperazine rings is 1. The Morgan fingerprint density at radius 2 is 1.61 bits per heavy atom. The Bertz CT molecular complexity index is 375. The summed E-state index contributed by atoms with van der Waals surface area (Å²) in [6, 6.07) is -0.870. The summed E-state index contributed by atoms with van der Waals surface area (Å²) in [5, 5.41) is 11.6. The molecule has 0 aromatic carbocycles. The Labute approximate surface area is 106 Å². The molecule has 6 heteroatoms. The SMILES string of the molecule is CCC(C(=O)O)N1C(C)(C)C(=O)NC(=O)C1(C)C. The summed E-state index contributed by atoms with van der Waals surface area (Å²) in [6.45, 7) is 8.23. The summed E-state index contributed by atoms with van der Waals surface area (Å²) in [5.74, 6) is -1.96. The molecule has 1 atom stereocenters. The van der Waals surface area contributed by atoms with Crippen molar-refractivity contribution >= 4 is 17.8 Å². The third-order valence-corrected chi connectivity index (χ3v) is 3.53. The Kier molecular flexibility index (Phi) is 3.53. The molecule has 1 heterocycles. The molecule has 2 amide bonds.